The van der Waals surface area contributed by atoms with E-state index in [2.05, 4.69) is 0 Å². The third-order valence-corrected chi connectivity index (χ3v) is 5.60. The maximum Gasteiger partial charge on any atom is 0.432 e. The van der Waals surface area contributed by atoms with E-state index in [9.17, 15) is 22.0 Å². The van der Waals surface area contributed by atoms with Crippen molar-refractivity contribution in [3.8, 4) is 0 Å². The Morgan fingerprint density at radius 3 is 2.13 bits per heavy atom. The highest BCUT2D eigenvalue weighted by Gasteiger charge is 2.60. The zero-order chi connectivity index (χ0) is 21.7. The molecule has 30 heavy (non-hydrogen) atoms. The molecule has 1 aliphatic heterocycles. The van der Waals surface area contributed by atoms with Gasteiger partial charge in [0.1, 0.15) is 0 Å². The lowest BCUT2D eigenvalue weighted by Gasteiger charge is -2.32. The first-order chi connectivity index (χ1) is 14.1. The van der Waals surface area contributed by atoms with E-state index in [1.165, 1.54) is 24.3 Å². The molecule has 0 saturated heterocycles. The molecule has 4 rings (SSSR count). The Morgan fingerprint density at radius 1 is 0.900 bits per heavy atom. The molecule has 0 N–H and O–H groups in total. The third-order valence-electron chi connectivity index (χ3n) is 5.17. The average molecular weight is 459 g/mol. The van der Waals surface area contributed by atoms with Crippen molar-refractivity contribution in [3.63, 3.8) is 0 Å². The summed E-state index contributed by atoms with van der Waals surface area (Å²) in [7, 11) is 0. The molecule has 0 bridgehead atoms. The summed E-state index contributed by atoms with van der Waals surface area (Å²) in [6.45, 7) is 0. The molecular weight excluding hydrogens is 446 g/mol. The van der Waals surface area contributed by atoms with Crippen LogP contribution >= 0.6 is 23.2 Å². The minimum atomic E-state index is -4.78. The lowest BCUT2D eigenvalue weighted by atomic mass is 9.85. The average Bonchev–Trinajstić information content (AvgIpc) is 3.13. The fraction of sp³-hybridized carbons (Fsp3) is 0.182. The van der Waals surface area contributed by atoms with Gasteiger partial charge in [-0.3, -0.25) is 0 Å². The van der Waals surface area contributed by atoms with Gasteiger partial charge in [0.15, 0.2) is 0 Å². The number of alkyl halides is 5. The van der Waals surface area contributed by atoms with Gasteiger partial charge in [-0.25, -0.2) is 8.78 Å². The van der Waals surface area contributed by atoms with E-state index in [4.69, 9.17) is 27.9 Å². The number of hydrogen-bond donors (Lipinski definition) is 0. The van der Waals surface area contributed by atoms with Crippen LogP contribution < -0.4 is 0 Å². The van der Waals surface area contributed by atoms with Crippen molar-refractivity contribution in [2.24, 2.45) is 0 Å². The zero-order valence-corrected chi connectivity index (χ0v) is 16.6. The van der Waals surface area contributed by atoms with Crippen LogP contribution in [0.5, 0.6) is 0 Å². The Morgan fingerprint density at radius 2 is 1.53 bits per heavy atom. The lowest BCUT2D eigenvalue weighted by molar-refractivity contribution is -0.260. The van der Waals surface area contributed by atoms with Crippen LogP contribution in [0.2, 0.25) is 10.0 Å². The van der Waals surface area contributed by atoms with Crippen LogP contribution in [0.3, 0.4) is 0 Å². The van der Waals surface area contributed by atoms with Crippen LogP contribution in [0.1, 0.15) is 29.5 Å². The van der Waals surface area contributed by atoms with Crippen LogP contribution in [0.25, 0.3) is 16.3 Å². The van der Waals surface area contributed by atoms with Crippen LogP contribution in [0, 0.1) is 0 Å². The van der Waals surface area contributed by atoms with Gasteiger partial charge in [0.2, 0.25) is 5.60 Å². The fourth-order valence-electron chi connectivity index (χ4n) is 3.76. The second kappa shape index (κ2) is 7.43. The van der Waals surface area contributed by atoms with Crippen molar-refractivity contribution in [2.45, 2.75) is 24.6 Å². The van der Waals surface area contributed by atoms with E-state index in [0.29, 0.717) is 10.9 Å². The second-order valence-corrected chi connectivity index (χ2v) is 7.84. The van der Waals surface area contributed by atoms with Crippen LogP contribution in [0.4, 0.5) is 22.0 Å². The Labute approximate surface area is 178 Å². The summed E-state index contributed by atoms with van der Waals surface area (Å²) in [5.74, 6) is 0. The van der Waals surface area contributed by atoms with Crippen molar-refractivity contribution >= 4 is 39.5 Å². The molecule has 1 atom stereocenters. The van der Waals surface area contributed by atoms with Gasteiger partial charge in [-0.2, -0.15) is 13.2 Å². The fourth-order valence-corrected chi connectivity index (χ4v) is 4.29. The van der Waals surface area contributed by atoms with E-state index in [0.717, 1.165) is 18.4 Å². The maximum absolute atomic E-state index is 14.2. The molecule has 0 spiro atoms. The number of ether oxygens (including phenoxy) is 1. The number of hydrogen-bond acceptors (Lipinski definition) is 1. The molecule has 0 amide bonds. The van der Waals surface area contributed by atoms with E-state index in [-0.39, 0.29) is 32.1 Å². The van der Waals surface area contributed by atoms with Gasteiger partial charge < -0.3 is 4.74 Å². The summed E-state index contributed by atoms with van der Waals surface area (Å²) in [4.78, 5) is 0. The van der Waals surface area contributed by atoms with Gasteiger partial charge in [-0.05, 0) is 40.1 Å². The van der Waals surface area contributed by atoms with Crippen molar-refractivity contribution < 1.29 is 26.7 Å². The number of rotatable bonds is 3. The Kier molecular flexibility index (Phi) is 5.19. The smallest absolute Gasteiger partial charge is 0.432 e. The van der Waals surface area contributed by atoms with Gasteiger partial charge >= 0.3 is 6.18 Å². The second-order valence-electron chi connectivity index (χ2n) is 6.97. The topological polar surface area (TPSA) is 9.23 Å². The standard InChI is InChI=1S/C22H13Cl2F5O/c23-14-7-13(8-15(24)9-14)21(22(27,28)29)10-12(11-30-21)16-5-6-19(20(25)26)18-4-2-1-3-17(16)18/h1-9,11,20H,10H2. The first-order valence-corrected chi connectivity index (χ1v) is 9.58. The normalized spacial score (nSPS) is 19.3. The Hall–Kier alpha value is -2.31. The number of halogens is 7. The lowest BCUT2D eigenvalue weighted by Crippen LogP contribution is -2.42. The molecule has 3 aromatic carbocycles. The van der Waals surface area contributed by atoms with Gasteiger partial charge in [0.05, 0.1) is 6.26 Å². The monoisotopic (exact) mass is 458 g/mol. The third kappa shape index (κ3) is 3.42. The van der Waals surface area contributed by atoms with Crippen LogP contribution in [-0.2, 0) is 10.3 Å². The van der Waals surface area contributed by atoms with E-state index in [1.54, 1.807) is 18.2 Å². The van der Waals surface area contributed by atoms with Crippen molar-refractivity contribution in [2.75, 3.05) is 0 Å². The minimum absolute atomic E-state index is 0.0462. The molecule has 1 heterocycles. The summed E-state index contributed by atoms with van der Waals surface area (Å²) in [6.07, 6.45) is -7.00. The van der Waals surface area contributed by atoms with Crippen molar-refractivity contribution in [1.82, 2.24) is 0 Å². The van der Waals surface area contributed by atoms with E-state index < -0.39 is 24.6 Å². The summed E-state index contributed by atoms with van der Waals surface area (Å²) < 4.78 is 74.6. The highest BCUT2D eigenvalue weighted by molar-refractivity contribution is 6.34. The molecule has 8 heteroatoms. The molecular formula is C22H13Cl2F5O. The molecule has 156 valence electrons. The van der Waals surface area contributed by atoms with Gasteiger partial charge in [0, 0.05) is 27.6 Å². The Balaban J connectivity index is 1.83. The molecule has 0 aliphatic carbocycles. The molecule has 0 saturated carbocycles. The highest BCUT2D eigenvalue weighted by Crippen LogP contribution is 2.53. The van der Waals surface area contributed by atoms with Gasteiger partial charge in [-0.15, -0.1) is 0 Å². The predicted octanol–water partition coefficient (Wildman–Crippen LogP) is 8.30. The summed E-state index contributed by atoms with van der Waals surface area (Å²) >= 11 is 11.8. The summed E-state index contributed by atoms with van der Waals surface area (Å²) in [5.41, 5.74) is -2.46. The predicted molar refractivity (Wildman–Crippen MR) is 107 cm³/mol. The molecule has 1 nitrogen and oxygen atoms in total. The molecule has 1 unspecified atom stereocenters. The largest absolute Gasteiger partial charge is 0.480 e. The van der Waals surface area contributed by atoms with Gasteiger partial charge in [0.25, 0.3) is 6.43 Å². The number of benzene rings is 3. The van der Waals surface area contributed by atoms with Crippen LogP contribution in [-0.4, -0.2) is 6.18 Å². The summed E-state index contributed by atoms with van der Waals surface area (Å²) in [5, 5.41) is 0.795. The van der Waals surface area contributed by atoms with E-state index in [1.807, 2.05) is 0 Å². The molecule has 1 aliphatic rings. The maximum atomic E-state index is 14.2. The molecule has 3 aromatic rings. The van der Waals surface area contributed by atoms with E-state index >= 15 is 0 Å². The quantitative estimate of drug-likeness (QED) is 0.358. The molecule has 0 aromatic heterocycles. The molecule has 0 radical (unpaired) electrons. The first-order valence-electron chi connectivity index (χ1n) is 8.83. The zero-order valence-electron chi connectivity index (χ0n) is 15.1. The Bertz CT molecular complexity index is 1140. The first kappa shape index (κ1) is 20.9. The van der Waals surface area contributed by atoms with Crippen LogP contribution in [0.15, 0.2) is 60.9 Å². The highest BCUT2D eigenvalue weighted by atomic mass is 35.5. The van der Waals surface area contributed by atoms with Crippen molar-refractivity contribution in [1.29, 1.82) is 0 Å². The number of fused-ring (bicyclic) bond motifs is 1. The van der Waals surface area contributed by atoms with Gasteiger partial charge in [-0.1, -0.05) is 59.6 Å². The summed E-state index contributed by atoms with van der Waals surface area (Å²) in [6, 6.07) is 12.6. The molecule has 0 fully saturated rings. The van der Waals surface area contributed by atoms with Crippen molar-refractivity contribution in [3.05, 3.63) is 87.6 Å². The SMILES string of the molecule is FC(F)c1ccc(C2=COC(c3cc(Cl)cc(Cl)c3)(C(F)(F)F)C2)c2ccccc12. The minimum Gasteiger partial charge on any atom is -0.480 e.